The Morgan fingerprint density at radius 2 is 1.88 bits per heavy atom. The number of carbonyl (C=O) groups is 2. The number of amides is 1. The lowest BCUT2D eigenvalue weighted by Crippen LogP contribution is -2.38. The van der Waals surface area contributed by atoms with Gasteiger partial charge < -0.3 is 24.4 Å². The molecule has 10 heteroatoms. The first kappa shape index (κ1) is 23.8. The van der Waals surface area contributed by atoms with Crippen LogP contribution in [0.25, 0.3) is 0 Å². The zero-order valence-corrected chi connectivity index (χ0v) is 19.3. The van der Waals surface area contributed by atoms with E-state index in [0.717, 1.165) is 5.69 Å². The monoisotopic (exact) mass is 477 g/mol. The molecule has 0 spiro atoms. The SMILES string of the molecule is CCOc1ccc(C(=O)NC(=S)Nc2cc(C(=O)OC)ccc2N2CCOCC2)cc1Cl. The van der Waals surface area contributed by atoms with E-state index >= 15 is 0 Å². The van der Waals surface area contributed by atoms with Crippen molar-refractivity contribution in [2.45, 2.75) is 6.92 Å². The van der Waals surface area contributed by atoms with Gasteiger partial charge in [0.1, 0.15) is 5.75 Å². The molecular weight excluding hydrogens is 454 g/mol. The Bertz CT molecular complexity index is 1010. The first-order valence-corrected chi connectivity index (χ1v) is 10.8. The van der Waals surface area contributed by atoms with Gasteiger partial charge in [-0.15, -0.1) is 0 Å². The standard InChI is InChI=1S/C22H24ClN3O5S/c1-3-31-19-7-5-14(12-16(19)23)20(27)25-22(32)24-17-13-15(21(28)29-2)4-6-18(17)26-8-10-30-11-9-26/h4-7,12-13H,3,8-11H2,1-2H3,(H2,24,25,27,32). The predicted octanol–water partition coefficient (Wildman–Crippen LogP) is 3.49. The Morgan fingerprint density at radius 1 is 1.16 bits per heavy atom. The molecule has 1 saturated heterocycles. The normalized spacial score (nSPS) is 13.3. The van der Waals surface area contributed by atoms with Crippen LogP contribution in [0, 0.1) is 0 Å². The number of hydrogen-bond donors (Lipinski definition) is 2. The molecule has 0 radical (unpaired) electrons. The maximum absolute atomic E-state index is 12.6. The first-order chi connectivity index (χ1) is 15.4. The summed E-state index contributed by atoms with van der Waals surface area (Å²) >= 11 is 11.5. The number of methoxy groups -OCH3 is 1. The fourth-order valence-electron chi connectivity index (χ4n) is 3.20. The molecule has 8 nitrogen and oxygen atoms in total. The van der Waals surface area contributed by atoms with Crippen molar-refractivity contribution in [3.63, 3.8) is 0 Å². The van der Waals surface area contributed by atoms with Crippen LogP contribution in [-0.4, -0.2) is 57.0 Å². The summed E-state index contributed by atoms with van der Waals surface area (Å²) in [5, 5.41) is 6.08. The summed E-state index contributed by atoms with van der Waals surface area (Å²) < 4.78 is 15.6. The molecule has 0 saturated carbocycles. The molecule has 1 amide bonds. The van der Waals surface area contributed by atoms with Crippen molar-refractivity contribution in [1.82, 2.24) is 5.32 Å². The van der Waals surface area contributed by atoms with Gasteiger partial charge in [0.15, 0.2) is 5.11 Å². The largest absolute Gasteiger partial charge is 0.492 e. The number of anilines is 2. The van der Waals surface area contributed by atoms with Crippen LogP contribution in [0.3, 0.4) is 0 Å². The lowest BCUT2D eigenvalue weighted by Gasteiger charge is -2.31. The van der Waals surface area contributed by atoms with Crippen molar-refractivity contribution in [2.24, 2.45) is 0 Å². The van der Waals surface area contributed by atoms with Crippen molar-refractivity contribution < 1.29 is 23.8 Å². The van der Waals surface area contributed by atoms with E-state index in [-0.39, 0.29) is 5.11 Å². The zero-order chi connectivity index (χ0) is 23.1. The minimum Gasteiger partial charge on any atom is -0.492 e. The average molecular weight is 478 g/mol. The molecule has 2 N–H and O–H groups in total. The van der Waals surface area contributed by atoms with Crippen LogP contribution in [0.1, 0.15) is 27.6 Å². The van der Waals surface area contributed by atoms with Gasteiger partial charge in [0.2, 0.25) is 0 Å². The van der Waals surface area contributed by atoms with E-state index in [4.69, 9.17) is 38.0 Å². The Morgan fingerprint density at radius 3 is 2.53 bits per heavy atom. The molecule has 3 rings (SSSR count). The molecule has 170 valence electrons. The molecule has 2 aromatic carbocycles. The van der Waals surface area contributed by atoms with Crippen LogP contribution in [0.4, 0.5) is 11.4 Å². The second-order valence-corrected chi connectivity index (χ2v) is 7.62. The molecule has 0 unspecified atom stereocenters. The van der Waals surface area contributed by atoms with Gasteiger partial charge >= 0.3 is 5.97 Å². The third kappa shape index (κ3) is 5.87. The number of carbonyl (C=O) groups excluding carboxylic acids is 2. The van der Waals surface area contributed by atoms with Gasteiger partial charge in [0.05, 0.1) is 48.9 Å². The van der Waals surface area contributed by atoms with Crippen LogP contribution >= 0.6 is 23.8 Å². The molecular formula is C22H24ClN3O5S. The van der Waals surface area contributed by atoms with Gasteiger partial charge in [0.25, 0.3) is 5.91 Å². The Balaban J connectivity index is 1.77. The quantitative estimate of drug-likeness (QED) is 0.483. The fraction of sp³-hybridized carbons (Fsp3) is 0.318. The summed E-state index contributed by atoms with van der Waals surface area (Å²) in [6, 6.07) is 9.89. The number of esters is 1. The van der Waals surface area contributed by atoms with Crippen molar-refractivity contribution in [1.29, 1.82) is 0 Å². The lowest BCUT2D eigenvalue weighted by molar-refractivity contribution is 0.0600. The molecule has 1 heterocycles. The average Bonchev–Trinajstić information content (AvgIpc) is 2.80. The maximum Gasteiger partial charge on any atom is 0.337 e. The predicted molar refractivity (Wildman–Crippen MR) is 127 cm³/mol. The molecule has 1 fully saturated rings. The Kier molecular flexibility index (Phi) is 8.26. The summed E-state index contributed by atoms with van der Waals surface area (Å²) in [6.07, 6.45) is 0. The number of hydrogen-bond acceptors (Lipinski definition) is 7. The molecule has 0 aromatic heterocycles. The number of benzene rings is 2. The van der Waals surface area contributed by atoms with E-state index in [2.05, 4.69) is 15.5 Å². The first-order valence-electron chi connectivity index (χ1n) is 10.0. The highest BCUT2D eigenvalue weighted by Gasteiger charge is 2.19. The van der Waals surface area contributed by atoms with E-state index in [0.29, 0.717) is 60.5 Å². The van der Waals surface area contributed by atoms with Crippen LogP contribution in [0.15, 0.2) is 36.4 Å². The van der Waals surface area contributed by atoms with E-state index in [1.807, 2.05) is 13.0 Å². The molecule has 32 heavy (non-hydrogen) atoms. The summed E-state index contributed by atoms with van der Waals surface area (Å²) in [5.41, 5.74) is 2.10. The zero-order valence-electron chi connectivity index (χ0n) is 17.8. The van der Waals surface area contributed by atoms with Crippen LogP contribution in [0.5, 0.6) is 5.75 Å². The number of nitrogens with zero attached hydrogens (tertiary/aromatic N) is 1. The van der Waals surface area contributed by atoms with Crippen molar-refractivity contribution in [3.05, 3.63) is 52.5 Å². The van der Waals surface area contributed by atoms with Gasteiger partial charge in [-0.1, -0.05) is 11.6 Å². The fourth-order valence-corrected chi connectivity index (χ4v) is 3.64. The summed E-state index contributed by atoms with van der Waals surface area (Å²) in [5.74, 6) is -0.397. The van der Waals surface area contributed by atoms with E-state index in [1.165, 1.54) is 13.2 Å². The van der Waals surface area contributed by atoms with Crippen molar-refractivity contribution in [3.8, 4) is 5.75 Å². The summed E-state index contributed by atoms with van der Waals surface area (Å²) in [4.78, 5) is 26.7. The van der Waals surface area contributed by atoms with Gasteiger partial charge in [-0.05, 0) is 55.5 Å². The third-order valence-electron chi connectivity index (χ3n) is 4.74. The van der Waals surface area contributed by atoms with Gasteiger partial charge in [0, 0.05) is 18.7 Å². The van der Waals surface area contributed by atoms with Crippen LogP contribution in [-0.2, 0) is 9.47 Å². The number of ether oxygens (including phenoxy) is 3. The van der Waals surface area contributed by atoms with E-state index in [1.54, 1.807) is 24.3 Å². The van der Waals surface area contributed by atoms with Gasteiger partial charge in [-0.25, -0.2) is 4.79 Å². The number of morpholine rings is 1. The number of thiocarbonyl (C=S) groups is 1. The number of halogens is 1. The second kappa shape index (κ2) is 11.1. The smallest absolute Gasteiger partial charge is 0.337 e. The minimum absolute atomic E-state index is 0.0801. The highest BCUT2D eigenvalue weighted by atomic mass is 35.5. The molecule has 0 atom stereocenters. The third-order valence-corrected chi connectivity index (χ3v) is 5.24. The highest BCUT2D eigenvalue weighted by Crippen LogP contribution is 2.29. The highest BCUT2D eigenvalue weighted by molar-refractivity contribution is 7.80. The summed E-state index contributed by atoms with van der Waals surface area (Å²) in [6.45, 7) is 4.89. The maximum atomic E-state index is 12.6. The topological polar surface area (TPSA) is 89.1 Å². The molecule has 0 aliphatic carbocycles. The van der Waals surface area contributed by atoms with Gasteiger partial charge in [-0.2, -0.15) is 0 Å². The number of nitrogens with one attached hydrogen (secondary N) is 2. The second-order valence-electron chi connectivity index (χ2n) is 6.81. The molecule has 1 aliphatic heterocycles. The Hall–Kier alpha value is -2.88. The van der Waals surface area contributed by atoms with Crippen molar-refractivity contribution >= 4 is 52.2 Å². The van der Waals surface area contributed by atoms with Crippen LogP contribution in [0.2, 0.25) is 5.02 Å². The lowest BCUT2D eigenvalue weighted by atomic mass is 10.1. The van der Waals surface area contributed by atoms with E-state index in [9.17, 15) is 9.59 Å². The molecule has 1 aliphatic rings. The minimum atomic E-state index is -0.472. The van der Waals surface area contributed by atoms with Gasteiger partial charge in [-0.3, -0.25) is 10.1 Å². The Labute approximate surface area is 196 Å². The van der Waals surface area contributed by atoms with Crippen LogP contribution < -0.4 is 20.3 Å². The summed E-state index contributed by atoms with van der Waals surface area (Å²) in [7, 11) is 1.32. The van der Waals surface area contributed by atoms with Crippen molar-refractivity contribution in [2.75, 3.05) is 50.2 Å². The molecule has 0 bridgehead atoms. The van der Waals surface area contributed by atoms with E-state index < -0.39 is 11.9 Å². The molecule has 2 aromatic rings. The number of rotatable bonds is 6.